The highest BCUT2D eigenvalue weighted by Gasteiger charge is 2.53. The van der Waals surface area contributed by atoms with E-state index >= 15 is 0 Å². The summed E-state index contributed by atoms with van der Waals surface area (Å²) in [5.74, 6) is -3.24. The number of aliphatic hydroxyl groups excluding tert-OH is 3. The van der Waals surface area contributed by atoms with E-state index in [9.17, 15) is 39.5 Å². The number of nitrogens with two attached hydrogens (primary N) is 1. The van der Waals surface area contributed by atoms with Gasteiger partial charge >= 0.3 is 5.97 Å². The number of primary amides is 1. The lowest BCUT2D eigenvalue weighted by molar-refractivity contribution is -0.318. The zero-order valence-corrected chi connectivity index (χ0v) is 48.2. The smallest absolute Gasteiger partial charge is 0.312 e. The Bertz CT molecular complexity index is 2100. The number of rotatable bonds is 17. The van der Waals surface area contributed by atoms with E-state index in [0.29, 0.717) is 37.2 Å². The van der Waals surface area contributed by atoms with Gasteiger partial charge in [-0.1, -0.05) is 31.2 Å². The van der Waals surface area contributed by atoms with Crippen molar-refractivity contribution in [3.05, 3.63) is 41.7 Å². The molecule has 422 valence electrons. The summed E-state index contributed by atoms with van der Waals surface area (Å²) in [4.78, 5) is 30.3. The summed E-state index contributed by atoms with van der Waals surface area (Å²) in [5.41, 5.74) is 1.96. The number of halogens is 2. The van der Waals surface area contributed by atoms with Gasteiger partial charge in [0.1, 0.15) is 42.7 Å². The van der Waals surface area contributed by atoms with E-state index in [-0.39, 0.29) is 24.5 Å². The molecule has 3 aliphatic heterocycles. The van der Waals surface area contributed by atoms with Gasteiger partial charge in [0.15, 0.2) is 16.7 Å². The first-order chi connectivity index (χ1) is 34.6. The van der Waals surface area contributed by atoms with Crippen molar-refractivity contribution in [2.24, 2.45) is 23.5 Å². The molecule has 0 spiro atoms. The van der Waals surface area contributed by atoms with Gasteiger partial charge in [0.2, 0.25) is 5.91 Å². The first-order valence-electron chi connectivity index (χ1n) is 25.5. The van der Waals surface area contributed by atoms with Gasteiger partial charge in [-0.2, -0.15) is 0 Å². The molecule has 7 N–H and O–H groups in total. The number of benzene rings is 1. The fourth-order valence-corrected chi connectivity index (χ4v) is 12.1. The number of nitrogens with zero attached hydrogens (tertiary/aromatic N) is 5. The molecule has 1 aromatic heterocycles. The number of aliphatic hydroxyl groups is 5. The summed E-state index contributed by atoms with van der Waals surface area (Å²) in [6.45, 7) is 15.5. The Morgan fingerprint density at radius 3 is 2.30 bits per heavy atom. The van der Waals surface area contributed by atoms with Crippen LogP contribution in [-0.4, -0.2) is 204 Å². The van der Waals surface area contributed by atoms with Crippen molar-refractivity contribution in [1.82, 2.24) is 24.8 Å². The van der Waals surface area contributed by atoms with Crippen molar-refractivity contribution in [2.45, 2.75) is 193 Å². The van der Waals surface area contributed by atoms with Gasteiger partial charge in [-0.15, -0.1) is 16.9 Å². The van der Waals surface area contributed by atoms with Gasteiger partial charge in [0.25, 0.3) is 0 Å². The van der Waals surface area contributed by atoms with Crippen LogP contribution in [0.1, 0.15) is 105 Å². The van der Waals surface area contributed by atoms with Crippen LogP contribution in [0.4, 0.5) is 4.39 Å². The summed E-state index contributed by atoms with van der Waals surface area (Å²) < 4.78 is 58.8. The number of alkyl halides is 2. The molecule has 5 rings (SSSR count). The number of cyclic esters (lactones) is 1. The second kappa shape index (κ2) is 26.6. The van der Waals surface area contributed by atoms with Crippen molar-refractivity contribution in [2.75, 3.05) is 53.8 Å². The minimum Gasteiger partial charge on any atom is -0.448 e. The Balaban J connectivity index is 1.41. The molecule has 74 heavy (non-hydrogen) atoms. The van der Waals surface area contributed by atoms with Crippen LogP contribution in [0.2, 0.25) is 0 Å². The number of hydrogen-bond donors (Lipinski definition) is 6. The lowest BCUT2D eigenvalue weighted by atomic mass is 9.77. The molecular formula is C51H84FIN6O14S. The van der Waals surface area contributed by atoms with Gasteiger partial charge in [0.05, 0.1) is 53.0 Å². The van der Waals surface area contributed by atoms with E-state index in [2.05, 4.69) is 10.3 Å². The number of aromatic nitrogens is 3. The number of hydrogen-bond acceptors (Lipinski definition) is 19. The molecule has 3 saturated heterocycles. The van der Waals surface area contributed by atoms with E-state index in [4.69, 9.17) is 38.9 Å². The highest BCUT2D eigenvalue weighted by Crippen LogP contribution is 2.41. The van der Waals surface area contributed by atoms with Crippen molar-refractivity contribution in [1.29, 1.82) is 0 Å². The quantitative estimate of drug-likeness (QED) is 0.0573. The van der Waals surface area contributed by atoms with Gasteiger partial charge in [-0.25, -0.2) is 9.07 Å². The predicted molar refractivity (Wildman–Crippen MR) is 282 cm³/mol. The van der Waals surface area contributed by atoms with Crippen LogP contribution < -0.4 is 5.73 Å². The molecule has 2 aromatic rings. The monoisotopic (exact) mass is 1180 g/mol. The third-order valence-corrected chi connectivity index (χ3v) is 18.0. The molecular weight excluding hydrogens is 1100 g/mol. The molecule has 0 aliphatic carbocycles. The lowest BCUT2D eigenvalue weighted by Crippen LogP contribution is -2.60. The molecule has 0 saturated carbocycles. The van der Waals surface area contributed by atoms with Gasteiger partial charge in [0, 0.05) is 69.2 Å². The number of carbonyl (C=O) groups excluding carboxylic acids is 2. The van der Waals surface area contributed by atoms with Crippen molar-refractivity contribution in [3.63, 3.8) is 0 Å². The number of esters is 1. The van der Waals surface area contributed by atoms with Crippen LogP contribution in [0, 0.1) is 17.8 Å². The standard InChI is InChI=1S/C51H84FIN6O14S/c1-27-21-49(7,65)45(29(3)41(71-39-22-50(8,68-13)44(63)32(6)70-39)30(4)46(64)73-48(53)51(9,66)43(62)31(5)58(11)24-27)72-47-40(61)36(20-28(2)69-47)57(10)19-18-34-25-59(56-55-34)37(23-52)42(67-12)33-14-16-35(17-15-33)74-26-38(54)60/h14-17,25,27-32,36-37,39-45,47-48,61-63,65-66H,18-24,26H2,1-13H3,(H2,54,60)/t27-,28-,29+,30-,31-,32+,36+,37-,39+,40-,41+,42-,43-,44+,45-,47+,48+,49-,50-,51+/m1/s1. The Morgan fingerprint density at radius 2 is 1.69 bits per heavy atom. The molecule has 0 unspecified atom stereocenters. The van der Waals surface area contributed by atoms with Crippen LogP contribution in [0.5, 0.6) is 0 Å². The normalized spacial score (nSPS) is 39.2. The Labute approximate surface area is 453 Å². The van der Waals surface area contributed by atoms with Crippen molar-refractivity contribution >= 4 is 46.2 Å². The van der Waals surface area contributed by atoms with Crippen LogP contribution in [0.15, 0.2) is 35.4 Å². The Morgan fingerprint density at radius 1 is 1.03 bits per heavy atom. The molecule has 4 heterocycles. The minimum absolute atomic E-state index is 0.0743. The Hall–Kier alpha value is -2.21. The largest absolute Gasteiger partial charge is 0.448 e. The van der Waals surface area contributed by atoms with Crippen LogP contribution in [-0.2, 0) is 49.2 Å². The number of thioether (sulfide) groups is 1. The molecule has 20 nitrogen and oxygen atoms in total. The zero-order chi connectivity index (χ0) is 55.2. The molecule has 0 bridgehead atoms. The molecule has 23 heteroatoms. The van der Waals surface area contributed by atoms with Crippen molar-refractivity contribution < 1.29 is 72.7 Å². The maximum absolute atomic E-state index is 14.8. The molecule has 0 radical (unpaired) electrons. The average Bonchev–Trinajstić information content (AvgIpc) is 3.82. The van der Waals surface area contributed by atoms with Crippen molar-refractivity contribution in [3.8, 4) is 0 Å². The number of likely N-dealkylation sites (N-methyl/N-ethyl adjacent to an activating group) is 2. The maximum atomic E-state index is 14.8. The first-order valence-corrected chi connectivity index (χ1v) is 27.7. The Kier molecular flexibility index (Phi) is 22.5. The van der Waals surface area contributed by atoms with E-state index in [0.717, 1.165) is 4.90 Å². The number of ether oxygens (including phenoxy) is 7. The van der Waals surface area contributed by atoms with E-state index in [1.54, 1.807) is 47.7 Å². The second-order valence-electron chi connectivity index (χ2n) is 21.7. The van der Waals surface area contributed by atoms with E-state index in [1.807, 2.05) is 84.6 Å². The summed E-state index contributed by atoms with van der Waals surface area (Å²) >= 11 is 3.12. The molecule has 3 aliphatic rings. The third-order valence-electron chi connectivity index (χ3n) is 15.5. The van der Waals surface area contributed by atoms with Crippen LogP contribution >= 0.6 is 34.4 Å². The summed E-state index contributed by atoms with van der Waals surface area (Å²) in [5, 5.41) is 68.0. The zero-order valence-electron chi connectivity index (χ0n) is 45.2. The van der Waals surface area contributed by atoms with Gasteiger partial charge in [-0.05, 0) is 122 Å². The summed E-state index contributed by atoms with van der Waals surface area (Å²) in [7, 11) is 6.66. The average molecular weight is 1180 g/mol. The molecule has 1 amide bonds. The highest BCUT2D eigenvalue weighted by molar-refractivity contribution is 14.1. The predicted octanol–water partition coefficient (Wildman–Crippen LogP) is 3.56. The van der Waals surface area contributed by atoms with E-state index in [1.165, 1.54) is 37.6 Å². The molecule has 20 atom stereocenters. The minimum atomic E-state index is -1.88. The topological polar surface area (TPSA) is 263 Å². The molecule has 3 fully saturated rings. The summed E-state index contributed by atoms with van der Waals surface area (Å²) in [6, 6.07) is 5.34. The fraction of sp³-hybridized carbons (Fsp3) is 0.804. The number of carbonyl (C=O) groups is 2. The maximum Gasteiger partial charge on any atom is 0.312 e. The van der Waals surface area contributed by atoms with Gasteiger partial charge in [-0.3, -0.25) is 9.59 Å². The lowest BCUT2D eigenvalue weighted by Gasteiger charge is -2.49. The van der Waals surface area contributed by atoms with Crippen LogP contribution in [0.3, 0.4) is 0 Å². The fourth-order valence-electron chi connectivity index (χ4n) is 10.8. The third kappa shape index (κ3) is 15.1. The van der Waals surface area contributed by atoms with E-state index < -0.39 is 131 Å². The highest BCUT2D eigenvalue weighted by atomic mass is 127. The SMILES string of the molecule is CO[C@H](c1ccc(SCC(N)=O)cc1)[C@@H](CF)n1cc(CCN(C)[C@H]2C[C@@H](C)O[C@@H](O[C@@H]3[C@@H](C)[C@H](O[C@H]4C[C@@](C)(OC)[C@@H](O)[C@H](C)O4)[C@@H](C)C(=O)O[C@H](I)[C@@](C)(O)[C@H](O)[C@@H](C)N(C)C[C@H](C)C[C@@]3(C)O)[C@@H]2O)nn1. The second-order valence-corrected chi connectivity index (χ2v) is 23.9. The number of amides is 1. The van der Waals surface area contributed by atoms with Crippen LogP contribution in [0.25, 0.3) is 0 Å². The summed E-state index contributed by atoms with van der Waals surface area (Å²) in [6.07, 6.45) is -7.30. The number of methoxy groups -OCH3 is 2. The van der Waals surface area contributed by atoms with Gasteiger partial charge < -0.3 is 74.2 Å². The molecule has 1 aromatic carbocycles. The first kappa shape index (κ1) is 62.6.